The van der Waals surface area contributed by atoms with Crippen LogP contribution in [0.25, 0.3) is 0 Å². The average Bonchev–Trinajstić information content (AvgIpc) is 2.77. The Morgan fingerprint density at radius 1 is 1.56 bits per heavy atom. The third-order valence-electron chi connectivity index (χ3n) is 1.90. The van der Waals surface area contributed by atoms with Gasteiger partial charge in [0.15, 0.2) is 0 Å². The van der Waals surface area contributed by atoms with Gasteiger partial charge in [0, 0.05) is 32.5 Å². The summed E-state index contributed by atoms with van der Waals surface area (Å²) in [5, 5.41) is 2.73. The first-order chi connectivity index (χ1) is 7.83. The van der Waals surface area contributed by atoms with Crippen LogP contribution in [-0.2, 0) is 20.7 Å². The van der Waals surface area contributed by atoms with E-state index in [0.29, 0.717) is 26.2 Å². The molecule has 6 heteroatoms. The standard InChI is InChI=1S/C10H17N3O3/c1-15-6-7-16-8-10(14)13-3-2-9-11-4-5-12-9/h4-5H,2-3,6-8H2,1H3,(H,11,12)(H,13,14). The van der Waals surface area contributed by atoms with Crippen LogP contribution in [0, 0.1) is 0 Å². The second-order valence-electron chi connectivity index (χ2n) is 3.18. The van der Waals surface area contributed by atoms with Gasteiger partial charge in [0.05, 0.1) is 13.2 Å². The summed E-state index contributed by atoms with van der Waals surface area (Å²) in [5.41, 5.74) is 0. The summed E-state index contributed by atoms with van der Waals surface area (Å²) in [6.07, 6.45) is 4.13. The molecule has 90 valence electrons. The molecule has 1 aromatic rings. The van der Waals surface area contributed by atoms with Crippen molar-refractivity contribution in [3.63, 3.8) is 0 Å². The summed E-state index contributed by atoms with van der Waals surface area (Å²) in [6.45, 7) is 1.56. The molecule has 16 heavy (non-hydrogen) atoms. The van der Waals surface area contributed by atoms with E-state index >= 15 is 0 Å². The van der Waals surface area contributed by atoms with Crippen LogP contribution in [0.5, 0.6) is 0 Å². The quantitative estimate of drug-likeness (QED) is 0.599. The van der Waals surface area contributed by atoms with Gasteiger partial charge in [0.2, 0.25) is 5.91 Å². The Morgan fingerprint density at radius 3 is 3.12 bits per heavy atom. The lowest BCUT2D eigenvalue weighted by Crippen LogP contribution is -2.30. The first-order valence-electron chi connectivity index (χ1n) is 5.14. The van der Waals surface area contributed by atoms with E-state index in [0.717, 1.165) is 5.82 Å². The lowest BCUT2D eigenvalue weighted by molar-refractivity contribution is -0.126. The number of nitrogens with one attached hydrogen (secondary N) is 2. The van der Waals surface area contributed by atoms with Crippen molar-refractivity contribution < 1.29 is 14.3 Å². The van der Waals surface area contributed by atoms with Crippen LogP contribution in [0.1, 0.15) is 5.82 Å². The number of aromatic amines is 1. The summed E-state index contributed by atoms with van der Waals surface area (Å²) in [7, 11) is 1.59. The summed E-state index contributed by atoms with van der Waals surface area (Å²) < 4.78 is 9.85. The van der Waals surface area contributed by atoms with Crippen LogP contribution < -0.4 is 5.32 Å². The Bertz CT molecular complexity index is 288. The first-order valence-corrected chi connectivity index (χ1v) is 5.14. The van der Waals surface area contributed by atoms with Crippen molar-refractivity contribution in [2.45, 2.75) is 6.42 Å². The van der Waals surface area contributed by atoms with Crippen LogP contribution in [0.15, 0.2) is 12.4 Å². The fourth-order valence-corrected chi connectivity index (χ4v) is 1.11. The summed E-state index contributed by atoms with van der Waals surface area (Å²) in [6, 6.07) is 0. The normalized spacial score (nSPS) is 10.3. The molecule has 1 rings (SSSR count). The fraction of sp³-hybridized carbons (Fsp3) is 0.600. The number of hydrogen-bond acceptors (Lipinski definition) is 4. The molecule has 1 heterocycles. The Kier molecular flexibility index (Phi) is 6.20. The smallest absolute Gasteiger partial charge is 0.246 e. The molecule has 0 spiro atoms. The van der Waals surface area contributed by atoms with Gasteiger partial charge in [0.25, 0.3) is 0 Å². The van der Waals surface area contributed by atoms with E-state index in [1.807, 2.05) is 0 Å². The number of aromatic nitrogens is 2. The van der Waals surface area contributed by atoms with Gasteiger partial charge in [-0.3, -0.25) is 4.79 Å². The number of rotatable bonds is 8. The minimum absolute atomic E-state index is 0.0709. The molecule has 0 aliphatic heterocycles. The molecule has 0 aromatic carbocycles. The van der Waals surface area contributed by atoms with E-state index in [9.17, 15) is 4.79 Å². The first kappa shape index (κ1) is 12.7. The third-order valence-corrected chi connectivity index (χ3v) is 1.90. The third kappa shape index (κ3) is 5.47. The molecule has 0 aliphatic rings. The second kappa shape index (κ2) is 7.84. The van der Waals surface area contributed by atoms with Gasteiger partial charge < -0.3 is 19.8 Å². The van der Waals surface area contributed by atoms with Gasteiger partial charge in [-0.2, -0.15) is 0 Å². The van der Waals surface area contributed by atoms with E-state index in [1.165, 1.54) is 0 Å². The van der Waals surface area contributed by atoms with E-state index in [2.05, 4.69) is 15.3 Å². The van der Waals surface area contributed by atoms with Crippen LogP contribution in [0.4, 0.5) is 0 Å². The number of amides is 1. The van der Waals surface area contributed by atoms with Gasteiger partial charge in [-0.25, -0.2) is 4.98 Å². The molecule has 0 fully saturated rings. The van der Waals surface area contributed by atoms with Gasteiger partial charge in [0.1, 0.15) is 12.4 Å². The summed E-state index contributed by atoms with van der Waals surface area (Å²) in [5.74, 6) is 0.739. The van der Waals surface area contributed by atoms with Crippen molar-refractivity contribution in [3.8, 4) is 0 Å². The van der Waals surface area contributed by atoms with Crippen LogP contribution in [-0.4, -0.2) is 49.4 Å². The number of hydrogen-bond donors (Lipinski definition) is 2. The Labute approximate surface area is 94.4 Å². The number of carbonyl (C=O) groups excluding carboxylic acids is 1. The number of nitrogens with zero attached hydrogens (tertiary/aromatic N) is 1. The summed E-state index contributed by atoms with van der Waals surface area (Å²) in [4.78, 5) is 18.2. The van der Waals surface area contributed by atoms with E-state index in [4.69, 9.17) is 9.47 Å². The zero-order valence-corrected chi connectivity index (χ0v) is 9.36. The number of H-pyrrole nitrogens is 1. The van der Waals surface area contributed by atoms with Crippen molar-refractivity contribution in [2.75, 3.05) is 33.5 Å². The largest absolute Gasteiger partial charge is 0.382 e. The maximum Gasteiger partial charge on any atom is 0.246 e. The highest BCUT2D eigenvalue weighted by Gasteiger charge is 2.01. The molecule has 1 aromatic heterocycles. The number of carbonyl (C=O) groups is 1. The van der Waals surface area contributed by atoms with Gasteiger partial charge in [-0.15, -0.1) is 0 Å². The van der Waals surface area contributed by atoms with Crippen molar-refractivity contribution in [1.29, 1.82) is 0 Å². The van der Waals surface area contributed by atoms with Crippen molar-refractivity contribution in [3.05, 3.63) is 18.2 Å². The van der Waals surface area contributed by atoms with E-state index in [1.54, 1.807) is 19.5 Å². The molecule has 0 radical (unpaired) electrons. The zero-order chi connectivity index (χ0) is 11.6. The van der Waals surface area contributed by atoms with Gasteiger partial charge >= 0.3 is 0 Å². The maximum atomic E-state index is 11.2. The molecular formula is C10H17N3O3. The van der Waals surface area contributed by atoms with Crippen LogP contribution in [0.3, 0.4) is 0 Å². The predicted octanol–water partition coefficient (Wildman–Crippen LogP) is -0.269. The molecule has 0 saturated carbocycles. The lowest BCUT2D eigenvalue weighted by atomic mass is 10.4. The molecule has 1 amide bonds. The fourth-order valence-electron chi connectivity index (χ4n) is 1.11. The monoisotopic (exact) mass is 227 g/mol. The summed E-state index contributed by atoms with van der Waals surface area (Å²) >= 11 is 0. The highest BCUT2D eigenvalue weighted by molar-refractivity contribution is 5.77. The Morgan fingerprint density at radius 2 is 2.44 bits per heavy atom. The number of ether oxygens (including phenoxy) is 2. The van der Waals surface area contributed by atoms with Crippen LogP contribution in [0.2, 0.25) is 0 Å². The topological polar surface area (TPSA) is 76.2 Å². The van der Waals surface area contributed by atoms with Gasteiger partial charge in [-0.05, 0) is 0 Å². The second-order valence-corrected chi connectivity index (χ2v) is 3.18. The molecular weight excluding hydrogens is 210 g/mol. The van der Waals surface area contributed by atoms with Crippen molar-refractivity contribution in [2.24, 2.45) is 0 Å². The molecule has 6 nitrogen and oxygen atoms in total. The molecule has 2 N–H and O–H groups in total. The van der Waals surface area contributed by atoms with E-state index < -0.39 is 0 Å². The molecule has 0 unspecified atom stereocenters. The van der Waals surface area contributed by atoms with Crippen molar-refractivity contribution >= 4 is 5.91 Å². The minimum Gasteiger partial charge on any atom is -0.382 e. The Balaban J connectivity index is 1.98. The number of imidazole rings is 1. The minimum atomic E-state index is -0.123. The number of methoxy groups -OCH3 is 1. The molecule has 0 bridgehead atoms. The highest BCUT2D eigenvalue weighted by Crippen LogP contribution is 1.88. The molecule has 0 atom stereocenters. The van der Waals surface area contributed by atoms with Crippen LogP contribution >= 0.6 is 0 Å². The zero-order valence-electron chi connectivity index (χ0n) is 9.36. The lowest BCUT2D eigenvalue weighted by Gasteiger charge is -2.04. The SMILES string of the molecule is COCCOCC(=O)NCCc1ncc[nH]1. The van der Waals surface area contributed by atoms with E-state index in [-0.39, 0.29) is 12.5 Å². The maximum absolute atomic E-state index is 11.2. The van der Waals surface area contributed by atoms with Crippen molar-refractivity contribution in [1.82, 2.24) is 15.3 Å². The molecule has 0 aliphatic carbocycles. The molecule has 0 saturated heterocycles. The highest BCUT2D eigenvalue weighted by atomic mass is 16.5. The predicted molar refractivity (Wildman–Crippen MR) is 58.0 cm³/mol. The Hall–Kier alpha value is -1.40. The average molecular weight is 227 g/mol. The van der Waals surface area contributed by atoms with Gasteiger partial charge in [-0.1, -0.05) is 0 Å².